The third-order valence-corrected chi connectivity index (χ3v) is 5.32. The van der Waals surface area contributed by atoms with Crippen LogP contribution in [-0.2, 0) is 14.3 Å². The fourth-order valence-corrected chi connectivity index (χ4v) is 3.69. The molecule has 0 radical (unpaired) electrons. The second-order valence-corrected chi connectivity index (χ2v) is 7.55. The Morgan fingerprint density at radius 2 is 1.66 bits per heavy atom. The number of amides is 3. The smallest absolute Gasteiger partial charge is 0.320 e. The van der Waals surface area contributed by atoms with Crippen LogP contribution in [-0.4, -0.2) is 66.3 Å². The minimum atomic E-state index is -0.453. The average molecular weight is 401 g/mol. The van der Waals surface area contributed by atoms with Gasteiger partial charge in [-0.05, 0) is 56.9 Å². The van der Waals surface area contributed by atoms with Crippen LogP contribution < -0.4 is 5.32 Å². The maximum atomic E-state index is 12.5. The summed E-state index contributed by atoms with van der Waals surface area (Å²) in [4.78, 5) is 51.8. The van der Waals surface area contributed by atoms with Crippen LogP contribution in [0.1, 0.15) is 43.0 Å². The van der Waals surface area contributed by atoms with Crippen molar-refractivity contribution in [1.29, 1.82) is 0 Å². The third-order valence-electron chi connectivity index (χ3n) is 5.32. The van der Waals surface area contributed by atoms with Crippen molar-refractivity contribution in [1.82, 2.24) is 9.80 Å². The molecule has 1 atom stereocenters. The van der Waals surface area contributed by atoms with Crippen molar-refractivity contribution in [2.24, 2.45) is 5.92 Å². The third kappa shape index (κ3) is 5.56. The SMILES string of the molecule is CC(=O)c1ccc(NC(=O)COC(=O)[C@@H]2CCCN(C(=O)N3CCCC3)C2)cc1. The number of ketones is 1. The Balaban J connectivity index is 1.45. The number of rotatable bonds is 5. The van der Waals surface area contributed by atoms with E-state index in [1.165, 1.54) is 6.92 Å². The van der Waals surface area contributed by atoms with Crippen LogP contribution in [0.5, 0.6) is 0 Å². The van der Waals surface area contributed by atoms with E-state index in [1.54, 1.807) is 29.2 Å². The standard InChI is InChI=1S/C21H27N3O5/c1-15(25)16-6-8-18(9-7-16)22-19(26)14-29-20(27)17-5-4-12-24(13-17)21(28)23-10-2-3-11-23/h6-9,17H,2-5,10-14H2,1H3,(H,22,26)/t17-/m1/s1. The van der Waals surface area contributed by atoms with E-state index >= 15 is 0 Å². The fourth-order valence-electron chi connectivity index (χ4n) is 3.69. The summed E-state index contributed by atoms with van der Waals surface area (Å²) < 4.78 is 5.17. The summed E-state index contributed by atoms with van der Waals surface area (Å²) in [5, 5.41) is 2.63. The second-order valence-electron chi connectivity index (χ2n) is 7.55. The van der Waals surface area contributed by atoms with E-state index in [0.29, 0.717) is 30.8 Å². The van der Waals surface area contributed by atoms with Gasteiger partial charge in [-0.2, -0.15) is 0 Å². The molecule has 2 saturated heterocycles. The first-order valence-corrected chi connectivity index (χ1v) is 10.1. The van der Waals surface area contributed by atoms with Crippen molar-refractivity contribution in [2.75, 3.05) is 38.1 Å². The van der Waals surface area contributed by atoms with Crippen LogP contribution in [0.4, 0.5) is 10.5 Å². The van der Waals surface area contributed by atoms with Crippen molar-refractivity contribution in [3.8, 4) is 0 Å². The van der Waals surface area contributed by atoms with Crippen LogP contribution in [0.15, 0.2) is 24.3 Å². The molecule has 2 aliphatic rings. The minimum Gasteiger partial charge on any atom is -0.455 e. The van der Waals surface area contributed by atoms with Gasteiger partial charge in [0.05, 0.1) is 5.92 Å². The highest BCUT2D eigenvalue weighted by Gasteiger charge is 2.32. The Bertz CT molecular complexity index is 771. The zero-order valence-electron chi connectivity index (χ0n) is 16.7. The van der Waals surface area contributed by atoms with E-state index in [2.05, 4.69) is 5.32 Å². The highest BCUT2D eigenvalue weighted by molar-refractivity contribution is 5.96. The number of ether oxygens (including phenoxy) is 1. The summed E-state index contributed by atoms with van der Waals surface area (Å²) in [5.74, 6) is -1.36. The van der Waals surface area contributed by atoms with Crippen molar-refractivity contribution < 1.29 is 23.9 Å². The van der Waals surface area contributed by atoms with Gasteiger partial charge in [0.25, 0.3) is 5.91 Å². The first kappa shape index (κ1) is 20.8. The number of hydrogen-bond acceptors (Lipinski definition) is 5. The topological polar surface area (TPSA) is 96.0 Å². The molecular weight excluding hydrogens is 374 g/mol. The second kappa shape index (κ2) is 9.54. The fraction of sp³-hybridized carbons (Fsp3) is 0.524. The zero-order chi connectivity index (χ0) is 20.8. The predicted octanol–water partition coefficient (Wildman–Crippen LogP) is 2.30. The Labute approximate surface area is 170 Å². The molecule has 0 unspecified atom stereocenters. The summed E-state index contributed by atoms with van der Waals surface area (Å²) in [7, 11) is 0. The summed E-state index contributed by atoms with van der Waals surface area (Å²) >= 11 is 0. The number of carbonyl (C=O) groups excluding carboxylic acids is 4. The lowest BCUT2D eigenvalue weighted by atomic mass is 9.98. The lowest BCUT2D eigenvalue weighted by molar-refractivity contribution is -0.152. The van der Waals surface area contributed by atoms with Crippen LogP contribution >= 0.6 is 0 Å². The van der Waals surface area contributed by atoms with Gasteiger partial charge in [0.15, 0.2) is 12.4 Å². The summed E-state index contributed by atoms with van der Waals surface area (Å²) in [6.45, 7) is 3.62. The number of esters is 1. The molecule has 0 bridgehead atoms. The minimum absolute atomic E-state index is 0.00764. The first-order chi connectivity index (χ1) is 13.9. The van der Waals surface area contributed by atoms with Crippen LogP contribution in [0.25, 0.3) is 0 Å². The van der Waals surface area contributed by atoms with Crippen LogP contribution in [0.2, 0.25) is 0 Å². The molecule has 2 aliphatic heterocycles. The number of nitrogens with zero attached hydrogens (tertiary/aromatic N) is 2. The van der Waals surface area contributed by atoms with Crippen molar-refractivity contribution >= 4 is 29.4 Å². The van der Waals surface area contributed by atoms with Crippen LogP contribution in [0, 0.1) is 5.92 Å². The van der Waals surface area contributed by atoms with E-state index in [-0.39, 0.29) is 18.4 Å². The summed E-state index contributed by atoms with van der Waals surface area (Å²) in [5.41, 5.74) is 1.08. The van der Waals surface area contributed by atoms with Gasteiger partial charge in [0.1, 0.15) is 0 Å². The highest BCUT2D eigenvalue weighted by atomic mass is 16.5. The van der Waals surface area contributed by atoms with Crippen molar-refractivity contribution in [3.63, 3.8) is 0 Å². The molecule has 2 fully saturated rings. The molecule has 0 saturated carbocycles. The molecule has 156 valence electrons. The number of likely N-dealkylation sites (tertiary alicyclic amines) is 2. The Hall–Kier alpha value is -2.90. The van der Waals surface area contributed by atoms with Gasteiger partial charge >= 0.3 is 12.0 Å². The molecule has 0 aromatic heterocycles. The molecule has 3 amide bonds. The van der Waals surface area contributed by atoms with Gasteiger partial charge in [-0.1, -0.05) is 0 Å². The Kier molecular flexibility index (Phi) is 6.85. The average Bonchev–Trinajstić information content (AvgIpc) is 3.27. The lowest BCUT2D eigenvalue weighted by Gasteiger charge is -2.34. The predicted molar refractivity (Wildman–Crippen MR) is 107 cm³/mol. The molecule has 29 heavy (non-hydrogen) atoms. The molecule has 0 aliphatic carbocycles. The Morgan fingerprint density at radius 3 is 2.31 bits per heavy atom. The number of benzene rings is 1. The number of urea groups is 1. The molecule has 0 spiro atoms. The van der Waals surface area contributed by atoms with E-state index in [1.807, 2.05) is 4.90 Å². The largest absolute Gasteiger partial charge is 0.455 e. The summed E-state index contributed by atoms with van der Waals surface area (Å²) in [6, 6.07) is 6.49. The van der Waals surface area contributed by atoms with E-state index in [0.717, 1.165) is 32.4 Å². The van der Waals surface area contributed by atoms with Crippen molar-refractivity contribution in [2.45, 2.75) is 32.6 Å². The number of nitrogens with one attached hydrogen (secondary N) is 1. The number of piperidine rings is 1. The number of Topliss-reactive ketones (excluding diaryl/α,β-unsaturated/α-hetero) is 1. The van der Waals surface area contributed by atoms with Gasteiger partial charge in [0.2, 0.25) is 0 Å². The van der Waals surface area contributed by atoms with Gasteiger partial charge in [0, 0.05) is 37.4 Å². The molecule has 1 aromatic rings. The van der Waals surface area contributed by atoms with Gasteiger partial charge in [-0.15, -0.1) is 0 Å². The zero-order valence-corrected chi connectivity index (χ0v) is 16.7. The molecule has 1 N–H and O–H groups in total. The number of carbonyl (C=O) groups is 4. The normalized spacial score (nSPS) is 19.0. The first-order valence-electron chi connectivity index (χ1n) is 10.1. The van der Waals surface area contributed by atoms with E-state index < -0.39 is 17.8 Å². The quantitative estimate of drug-likeness (QED) is 0.603. The Morgan fingerprint density at radius 1 is 1.00 bits per heavy atom. The van der Waals surface area contributed by atoms with E-state index in [9.17, 15) is 19.2 Å². The number of anilines is 1. The molecule has 8 heteroatoms. The van der Waals surface area contributed by atoms with E-state index in [4.69, 9.17) is 4.74 Å². The van der Waals surface area contributed by atoms with Gasteiger partial charge in [-0.3, -0.25) is 14.4 Å². The highest BCUT2D eigenvalue weighted by Crippen LogP contribution is 2.21. The maximum absolute atomic E-state index is 12.5. The number of hydrogen-bond donors (Lipinski definition) is 1. The monoisotopic (exact) mass is 401 g/mol. The molecular formula is C21H27N3O5. The molecule has 8 nitrogen and oxygen atoms in total. The molecule has 1 aromatic carbocycles. The van der Waals surface area contributed by atoms with Crippen molar-refractivity contribution in [3.05, 3.63) is 29.8 Å². The van der Waals surface area contributed by atoms with Crippen LogP contribution in [0.3, 0.4) is 0 Å². The lowest BCUT2D eigenvalue weighted by Crippen LogP contribution is -2.48. The molecule has 2 heterocycles. The van der Waals surface area contributed by atoms with Gasteiger partial charge in [-0.25, -0.2) is 4.79 Å². The molecule has 3 rings (SSSR count). The van der Waals surface area contributed by atoms with Gasteiger partial charge < -0.3 is 19.9 Å². The summed E-state index contributed by atoms with van der Waals surface area (Å²) in [6.07, 6.45) is 3.44. The maximum Gasteiger partial charge on any atom is 0.320 e.